The predicted octanol–water partition coefficient (Wildman–Crippen LogP) is 2.07. The van der Waals surface area contributed by atoms with Crippen molar-refractivity contribution in [3.8, 4) is 0 Å². The van der Waals surface area contributed by atoms with Crippen LogP contribution in [0, 0.1) is 5.92 Å². The Morgan fingerprint density at radius 3 is 2.35 bits per heavy atom. The Hall–Kier alpha value is -1.10. The number of esters is 1. The first kappa shape index (κ1) is 17.0. The van der Waals surface area contributed by atoms with Crippen LogP contribution in [0.2, 0.25) is 0 Å². The molecule has 4 nitrogen and oxygen atoms in total. The number of hydrogen-bond acceptors (Lipinski definition) is 4. The van der Waals surface area contributed by atoms with Crippen LogP contribution in [-0.4, -0.2) is 28.3 Å². The van der Waals surface area contributed by atoms with E-state index >= 15 is 0 Å². The largest absolute Gasteiger partial charge is 0.460 e. The molecule has 3 atom stereocenters. The van der Waals surface area contributed by atoms with E-state index in [0.717, 1.165) is 5.56 Å². The highest BCUT2D eigenvalue weighted by Gasteiger charge is 2.34. The summed E-state index contributed by atoms with van der Waals surface area (Å²) in [5.41, 5.74) is 4.78. The lowest BCUT2D eigenvalue weighted by Gasteiger charge is -2.27. The summed E-state index contributed by atoms with van der Waals surface area (Å²) in [5.74, 6) is -1.28. The monoisotopic (exact) mass is 299 g/mol. The van der Waals surface area contributed by atoms with E-state index in [9.17, 15) is 9.90 Å². The summed E-state index contributed by atoms with van der Waals surface area (Å²) >= 11 is 5.72. The molecule has 3 N–H and O–H groups in total. The van der Waals surface area contributed by atoms with Gasteiger partial charge in [0.2, 0.25) is 0 Å². The molecule has 0 aliphatic carbocycles. The molecule has 1 aromatic rings. The van der Waals surface area contributed by atoms with Crippen LogP contribution < -0.4 is 5.73 Å². The summed E-state index contributed by atoms with van der Waals surface area (Å²) in [4.78, 5) is 12.2. The Kier molecular flexibility index (Phi) is 5.99. The summed E-state index contributed by atoms with van der Waals surface area (Å²) in [6, 6.07) is 9.38. The average molecular weight is 300 g/mol. The van der Waals surface area contributed by atoms with E-state index in [1.54, 1.807) is 20.8 Å². The van der Waals surface area contributed by atoms with Gasteiger partial charge in [-0.3, -0.25) is 4.79 Å². The van der Waals surface area contributed by atoms with E-state index < -0.39 is 29.1 Å². The Labute approximate surface area is 124 Å². The van der Waals surface area contributed by atoms with Gasteiger partial charge in [-0.1, -0.05) is 30.3 Å². The molecule has 1 unspecified atom stereocenters. The maximum atomic E-state index is 12.2. The van der Waals surface area contributed by atoms with Crippen LogP contribution in [0.25, 0.3) is 0 Å². The summed E-state index contributed by atoms with van der Waals surface area (Å²) in [6.07, 6.45) is -0.830. The van der Waals surface area contributed by atoms with Gasteiger partial charge in [-0.05, 0) is 32.8 Å². The van der Waals surface area contributed by atoms with Gasteiger partial charge in [-0.25, -0.2) is 0 Å². The van der Waals surface area contributed by atoms with E-state index in [2.05, 4.69) is 0 Å². The first-order valence-corrected chi connectivity index (χ1v) is 6.99. The molecule has 0 aliphatic heterocycles. The van der Waals surface area contributed by atoms with Crippen LogP contribution in [-0.2, 0) is 16.0 Å². The van der Waals surface area contributed by atoms with Gasteiger partial charge in [0.15, 0.2) is 0 Å². The van der Waals surface area contributed by atoms with Crippen molar-refractivity contribution >= 4 is 17.6 Å². The molecule has 0 saturated carbocycles. The second kappa shape index (κ2) is 7.07. The molecule has 0 fully saturated rings. The minimum atomic E-state index is -1.16. The number of alkyl halides is 1. The SMILES string of the molecule is CC(C)(C)OC(=O)[C@@H](Cc1ccccc1)[C@H](O)C(N)Cl. The number of aliphatic hydroxyl groups excluding tert-OH is 1. The molecule has 0 amide bonds. The number of halogens is 1. The molecule has 20 heavy (non-hydrogen) atoms. The Bertz CT molecular complexity index is 428. The van der Waals surface area contributed by atoms with E-state index in [0.29, 0.717) is 6.42 Å². The third-order valence-corrected chi connectivity index (χ3v) is 3.00. The zero-order chi connectivity index (χ0) is 15.3. The lowest BCUT2D eigenvalue weighted by Crippen LogP contribution is -2.43. The Morgan fingerprint density at radius 1 is 1.35 bits per heavy atom. The van der Waals surface area contributed by atoms with Crippen LogP contribution in [0.3, 0.4) is 0 Å². The number of benzene rings is 1. The van der Waals surface area contributed by atoms with Gasteiger partial charge >= 0.3 is 5.97 Å². The van der Waals surface area contributed by atoms with E-state index in [1.807, 2.05) is 30.3 Å². The highest BCUT2D eigenvalue weighted by molar-refractivity contribution is 6.20. The van der Waals surface area contributed by atoms with Crippen molar-refractivity contribution < 1.29 is 14.6 Å². The van der Waals surface area contributed by atoms with E-state index in [1.165, 1.54) is 0 Å². The third kappa shape index (κ3) is 5.49. The van der Waals surface area contributed by atoms with Gasteiger partial charge in [0.05, 0.1) is 12.0 Å². The van der Waals surface area contributed by atoms with Gasteiger partial charge < -0.3 is 15.6 Å². The summed E-state index contributed by atoms with van der Waals surface area (Å²) < 4.78 is 5.33. The van der Waals surface area contributed by atoms with E-state index in [-0.39, 0.29) is 0 Å². The zero-order valence-electron chi connectivity index (χ0n) is 12.0. The number of hydrogen-bond donors (Lipinski definition) is 2. The zero-order valence-corrected chi connectivity index (χ0v) is 12.8. The standard InChI is InChI=1S/C15H22ClNO3/c1-15(2,3)20-14(19)11(12(18)13(16)17)9-10-7-5-4-6-8-10/h4-8,11-13,18H,9,17H2,1-3H3/t11-,12-,13?/m0/s1. The van der Waals surface area contributed by atoms with E-state index in [4.69, 9.17) is 22.1 Å². The molecule has 5 heteroatoms. The third-order valence-electron chi connectivity index (χ3n) is 2.75. The van der Waals surface area contributed by atoms with Gasteiger partial charge in [-0.2, -0.15) is 0 Å². The van der Waals surface area contributed by atoms with Gasteiger partial charge in [0.1, 0.15) is 11.1 Å². The second-order valence-corrected chi connectivity index (χ2v) is 6.27. The van der Waals surface area contributed by atoms with Crippen molar-refractivity contribution in [2.75, 3.05) is 0 Å². The smallest absolute Gasteiger partial charge is 0.312 e. The molecule has 0 bridgehead atoms. The number of rotatable bonds is 5. The van der Waals surface area contributed by atoms with Gasteiger partial charge in [-0.15, -0.1) is 11.6 Å². The van der Waals surface area contributed by atoms with Crippen molar-refractivity contribution in [2.24, 2.45) is 11.7 Å². The molecular weight excluding hydrogens is 278 g/mol. The normalized spacial score (nSPS) is 16.3. The lowest BCUT2D eigenvalue weighted by molar-refractivity contribution is -0.164. The highest BCUT2D eigenvalue weighted by Crippen LogP contribution is 2.20. The molecule has 1 aromatic carbocycles. The molecular formula is C15H22ClNO3. The van der Waals surface area contributed by atoms with Crippen molar-refractivity contribution in [3.63, 3.8) is 0 Å². The minimum Gasteiger partial charge on any atom is -0.460 e. The fourth-order valence-electron chi connectivity index (χ4n) is 1.81. The van der Waals surface area contributed by atoms with Crippen molar-refractivity contribution in [2.45, 2.75) is 44.4 Å². The number of ether oxygens (including phenoxy) is 1. The van der Waals surface area contributed by atoms with Gasteiger partial charge in [0.25, 0.3) is 0 Å². The Balaban J connectivity index is 2.88. The number of carbonyl (C=O) groups excluding carboxylic acids is 1. The van der Waals surface area contributed by atoms with Crippen molar-refractivity contribution in [3.05, 3.63) is 35.9 Å². The topological polar surface area (TPSA) is 72.5 Å². The Morgan fingerprint density at radius 2 is 1.90 bits per heavy atom. The minimum absolute atomic E-state index is 0.331. The summed E-state index contributed by atoms with van der Waals surface area (Å²) in [7, 11) is 0. The molecule has 0 aromatic heterocycles. The molecule has 0 aliphatic rings. The van der Waals surface area contributed by atoms with Crippen LogP contribution >= 0.6 is 11.6 Å². The highest BCUT2D eigenvalue weighted by atomic mass is 35.5. The van der Waals surface area contributed by atoms with Crippen LogP contribution in [0.4, 0.5) is 0 Å². The predicted molar refractivity (Wildman–Crippen MR) is 79.3 cm³/mol. The quantitative estimate of drug-likeness (QED) is 0.496. The molecule has 0 radical (unpaired) electrons. The second-order valence-electron chi connectivity index (χ2n) is 5.76. The van der Waals surface area contributed by atoms with Crippen LogP contribution in [0.15, 0.2) is 30.3 Å². The van der Waals surface area contributed by atoms with Crippen LogP contribution in [0.1, 0.15) is 26.3 Å². The fraction of sp³-hybridized carbons (Fsp3) is 0.533. The maximum Gasteiger partial charge on any atom is 0.312 e. The van der Waals surface area contributed by atoms with Crippen molar-refractivity contribution in [1.82, 2.24) is 0 Å². The average Bonchev–Trinajstić information content (AvgIpc) is 2.34. The summed E-state index contributed by atoms with van der Waals surface area (Å²) in [6.45, 7) is 5.33. The molecule has 0 heterocycles. The number of carbonyl (C=O) groups is 1. The van der Waals surface area contributed by atoms with Crippen LogP contribution in [0.5, 0.6) is 0 Å². The number of aliphatic hydroxyl groups is 1. The lowest BCUT2D eigenvalue weighted by atomic mass is 9.93. The first-order chi connectivity index (χ1) is 9.20. The fourth-order valence-corrected chi connectivity index (χ4v) is 1.99. The molecule has 1 rings (SSSR count). The van der Waals surface area contributed by atoms with Crippen molar-refractivity contribution in [1.29, 1.82) is 0 Å². The first-order valence-electron chi connectivity index (χ1n) is 6.55. The summed E-state index contributed by atoms with van der Waals surface area (Å²) in [5, 5.41) is 10.1. The molecule has 0 spiro atoms. The molecule has 0 saturated heterocycles. The number of nitrogens with two attached hydrogens (primary N) is 1. The maximum absolute atomic E-state index is 12.2. The molecule has 112 valence electrons. The van der Waals surface area contributed by atoms with Gasteiger partial charge in [0, 0.05) is 0 Å².